The molecule has 0 amide bonds. The lowest BCUT2D eigenvalue weighted by Crippen LogP contribution is -2.22. The molecule has 0 bridgehead atoms. The van der Waals surface area contributed by atoms with Gasteiger partial charge in [0.1, 0.15) is 17.2 Å². The molecule has 26 heavy (non-hydrogen) atoms. The molecule has 0 aliphatic carbocycles. The van der Waals surface area contributed by atoms with Gasteiger partial charge in [0.05, 0.1) is 0 Å². The minimum atomic E-state index is -1.08. The number of imidazole rings is 1. The summed E-state index contributed by atoms with van der Waals surface area (Å²) in [4.78, 5) is 9.00. The van der Waals surface area contributed by atoms with Crippen LogP contribution < -0.4 is 0 Å². The van der Waals surface area contributed by atoms with Gasteiger partial charge in [0.2, 0.25) is 0 Å². The molecule has 0 saturated carbocycles. The fourth-order valence-corrected chi connectivity index (χ4v) is 3.63. The smallest absolute Gasteiger partial charge is 0.175 e. The SMILES string of the molecule is Cc1cccc2nc(C=Cc3nc(Br)cn3COCC[Si](C)(C)C)nn12. The molecule has 3 aromatic rings. The van der Waals surface area contributed by atoms with E-state index in [1.807, 2.05) is 52.6 Å². The summed E-state index contributed by atoms with van der Waals surface area (Å²) in [6.45, 7) is 10.3. The van der Waals surface area contributed by atoms with Gasteiger partial charge >= 0.3 is 0 Å². The van der Waals surface area contributed by atoms with Gasteiger partial charge in [0.15, 0.2) is 11.5 Å². The van der Waals surface area contributed by atoms with E-state index in [9.17, 15) is 0 Å². The first kappa shape index (κ1) is 19.0. The number of pyridine rings is 1. The van der Waals surface area contributed by atoms with Crippen molar-refractivity contribution >= 4 is 41.8 Å². The normalized spacial score (nSPS) is 12.5. The molecule has 0 saturated heterocycles. The number of rotatable bonds is 7. The molecule has 0 radical (unpaired) electrons. The second-order valence-corrected chi connectivity index (χ2v) is 13.9. The van der Waals surface area contributed by atoms with Crippen LogP contribution in [-0.4, -0.2) is 38.8 Å². The highest BCUT2D eigenvalue weighted by Crippen LogP contribution is 2.14. The van der Waals surface area contributed by atoms with Gasteiger partial charge in [-0.2, -0.15) is 0 Å². The molecule has 138 valence electrons. The summed E-state index contributed by atoms with van der Waals surface area (Å²) in [5, 5.41) is 4.51. The molecule has 3 rings (SSSR count). The number of halogens is 1. The van der Waals surface area contributed by atoms with E-state index in [0.717, 1.165) is 34.4 Å². The topological polar surface area (TPSA) is 57.2 Å². The molecular weight excluding hydrogens is 410 g/mol. The molecule has 0 spiro atoms. The predicted molar refractivity (Wildman–Crippen MR) is 111 cm³/mol. The van der Waals surface area contributed by atoms with Crippen LogP contribution in [0.25, 0.3) is 17.8 Å². The average Bonchev–Trinajstić information content (AvgIpc) is 3.12. The van der Waals surface area contributed by atoms with Crippen LogP contribution in [0.3, 0.4) is 0 Å². The van der Waals surface area contributed by atoms with Gasteiger partial charge < -0.3 is 9.30 Å². The van der Waals surface area contributed by atoms with Crippen molar-refractivity contribution in [1.29, 1.82) is 0 Å². The van der Waals surface area contributed by atoms with E-state index in [1.54, 1.807) is 0 Å². The standard InChI is InChI=1S/C18H24BrN5OSi/c1-14-6-5-7-18-21-16(22-24(14)18)8-9-17-20-15(19)12-23(17)13-25-10-11-26(2,3)4/h5-9,12H,10-11,13H2,1-4H3. The largest absolute Gasteiger partial charge is 0.361 e. The van der Waals surface area contributed by atoms with Crippen molar-refractivity contribution in [3.05, 3.63) is 46.3 Å². The maximum Gasteiger partial charge on any atom is 0.175 e. The van der Waals surface area contributed by atoms with Crippen LogP contribution in [0.2, 0.25) is 25.7 Å². The fourth-order valence-electron chi connectivity index (χ4n) is 2.45. The zero-order valence-electron chi connectivity index (χ0n) is 15.6. The summed E-state index contributed by atoms with van der Waals surface area (Å²) in [6.07, 6.45) is 5.71. The quantitative estimate of drug-likeness (QED) is 0.407. The van der Waals surface area contributed by atoms with Gasteiger partial charge in [0.25, 0.3) is 0 Å². The molecule has 6 nitrogen and oxygen atoms in total. The predicted octanol–water partition coefficient (Wildman–Crippen LogP) is 4.48. The van der Waals surface area contributed by atoms with Crippen LogP contribution in [0.4, 0.5) is 0 Å². The number of ether oxygens (including phenoxy) is 1. The van der Waals surface area contributed by atoms with Gasteiger partial charge in [-0.05, 0) is 53.2 Å². The highest BCUT2D eigenvalue weighted by Gasteiger charge is 2.12. The molecule has 0 fully saturated rings. The van der Waals surface area contributed by atoms with Crippen molar-refractivity contribution in [1.82, 2.24) is 24.1 Å². The van der Waals surface area contributed by atoms with Crippen molar-refractivity contribution in [3.63, 3.8) is 0 Å². The number of fused-ring (bicyclic) bond motifs is 1. The highest BCUT2D eigenvalue weighted by atomic mass is 79.9. The molecule has 8 heteroatoms. The van der Waals surface area contributed by atoms with E-state index in [-0.39, 0.29) is 0 Å². The highest BCUT2D eigenvalue weighted by molar-refractivity contribution is 9.10. The van der Waals surface area contributed by atoms with Crippen LogP contribution in [-0.2, 0) is 11.5 Å². The first-order valence-electron chi connectivity index (χ1n) is 8.63. The van der Waals surface area contributed by atoms with Crippen LogP contribution in [0.15, 0.2) is 29.0 Å². The molecule has 0 aliphatic heterocycles. The molecule has 3 aromatic heterocycles. The van der Waals surface area contributed by atoms with Crippen LogP contribution in [0, 0.1) is 6.92 Å². The van der Waals surface area contributed by atoms with Crippen molar-refractivity contribution in [2.75, 3.05) is 6.61 Å². The maximum absolute atomic E-state index is 5.83. The first-order chi connectivity index (χ1) is 12.3. The van der Waals surface area contributed by atoms with Crippen molar-refractivity contribution in [2.45, 2.75) is 39.3 Å². The lowest BCUT2D eigenvalue weighted by molar-refractivity contribution is 0.0867. The molecule has 3 heterocycles. The zero-order chi connectivity index (χ0) is 18.7. The minimum absolute atomic E-state index is 0.487. The first-order valence-corrected chi connectivity index (χ1v) is 13.1. The summed E-state index contributed by atoms with van der Waals surface area (Å²) in [5.74, 6) is 1.46. The lowest BCUT2D eigenvalue weighted by atomic mass is 10.4. The van der Waals surface area contributed by atoms with Gasteiger partial charge in [-0.1, -0.05) is 25.7 Å². The van der Waals surface area contributed by atoms with Gasteiger partial charge in [0, 0.05) is 26.6 Å². The Morgan fingerprint density at radius 3 is 2.73 bits per heavy atom. The van der Waals surface area contributed by atoms with E-state index in [4.69, 9.17) is 4.74 Å². The van der Waals surface area contributed by atoms with E-state index in [0.29, 0.717) is 12.6 Å². The minimum Gasteiger partial charge on any atom is -0.361 e. The van der Waals surface area contributed by atoms with Crippen molar-refractivity contribution < 1.29 is 4.74 Å². The van der Waals surface area contributed by atoms with E-state index in [2.05, 4.69) is 50.6 Å². The third-order valence-electron chi connectivity index (χ3n) is 3.95. The lowest BCUT2D eigenvalue weighted by Gasteiger charge is -2.15. The Morgan fingerprint density at radius 1 is 1.19 bits per heavy atom. The molecule has 0 aliphatic rings. The summed E-state index contributed by atoms with van der Waals surface area (Å²) in [7, 11) is -1.08. The van der Waals surface area contributed by atoms with Crippen LogP contribution in [0.1, 0.15) is 17.3 Å². The third-order valence-corrected chi connectivity index (χ3v) is 6.04. The van der Waals surface area contributed by atoms with Gasteiger partial charge in [-0.3, -0.25) is 0 Å². The zero-order valence-corrected chi connectivity index (χ0v) is 18.2. The van der Waals surface area contributed by atoms with E-state index in [1.165, 1.54) is 0 Å². The Labute approximate surface area is 163 Å². The fraction of sp³-hybridized carbons (Fsp3) is 0.389. The Kier molecular flexibility index (Phi) is 5.74. The molecule has 0 aromatic carbocycles. The maximum atomic E-state index is 5.83. The van der Waals surface area contributed by atoms with E-state index >= 15 is 0 Å². The third kappa shape index (κ3) is 4.90. The number of hydrogen-bond donors (Lipinski definition) is 0. The molecule has 0 N–H and O–H groups in total. The van der Waals surface area contributed by atoms with E-state index < -0.39 is 8.07 Å². The Hall–Kier alpha value is -1.77. The van der Waals surface area contributed by atoms with Gasteiger partial charge in [-0.15, -0.1) is 5.10 Å². The summed E-state index contributed by atoms with van der Waals surface area (Å²) in [6, 6.07) is 7.09. The number of nitrogens with zero attached hydrogens (tertiary/aromatic N) is 5. The number of hydrogen-bond acceptors (Lipinski definition) is 4. The van der Waals surface area contributed by atoms with Gasteiger partial charge in [-0.25, -0.2) is 14.5 Å². The Bertz CT molecular complexity index is 925. The molecule has 0 unspecified atom stereocenters. The van der Waals surface area contributed by atoms with Crippen LogP contribution >= 0.6 is 15.9 Å². The second kappa shape index (κ2) is 7.85. The monoisotopic (exact) mass is 433 g/mol. The van der Waals surface area contributed by atoms with Crippen LogP contribution in [0.5, 0.6) is 0 Å². The Balaban J connectivity index is 1.70. The number of aryl methyl sites for hydroxylation is 1. The van der Waals surface area contributed by atoms with Crippen molar-refractivity contribution in [3.8, 4) is 0 Å². The van der Waals surface area contributed by atoms with Crippen molar-refractivity contribution in [2.24, 2.45) is 0 Å². The Morgan fingerprint density at radius 2 is 2.00 bits per heavy atom. The summed E-state index contributed by atoms with van der Waals surface area (Å²) >= 11 is 3.44. The molecule has 0 atom stereocenters. The second-order valence-electron chi connectivity index (χ2n) is 7.48. The molecular formula is C18H24BrN5OSi. The average molecular weight is 434 g/mol. The summed E-state index contributed by atoms with van der Waals surface area (Å²) < 4.78 is 10.4. The summed E-state index contributed by atoms with van der Waals surface area (Å²) in [5.41, 5.74) is 1.89. The number of aromatic nitrogens is 5.